The van der Waals surface area contributed by atoms with Crippen molar-refractivity contribution >= 4 is 0 Å². The van der Waals surface area contributed by atoms with Crippen LogP contribution in [0.1, 0.15) is 37.9 Å². The smallest absolute Gasteiger partial charge is 0.399 e. The first-order valence-corrected chi connectivity index (χ1v) is 6.62. The summed E-state index contributed by atoms with van der Waals surface area (Å²) < 4.78 is 10.9. The molecule has 0 atom stereocenters. The summed E-state index contributed by atoms with van der Waals surface area (Å²) in [5.74, 6) is 1.22. The Bertz CT molecular complexity index is 520. The molecule has 0 saturated carbocycles. The van der Waals surface area contributed by atoms with Crippen LogP contribution < -0.4 is 10.1 Å². The molecule has 0 radical (unpaired) electrons. The van der Waals surface area contributed by atoms with Gasteiger partial charge in [-0.2, -0.15) is 4.98 Å². The average Bonchev–Trinajstić information content (AvgIpc) is 2.84. The molecular weight excluding hydrogens is 240 g/mol. The maximum atomic E-state index is 5.62. The molecule has 0 amide bonds. The number of aromatic nitrogens is 1. The fourth-order valence-electron chi connectivity index (χ4n) is 1.71. The fourth-order valence-corrected chi connectivity index (χ4v) is 1.71. The lowest BCUT2D eigenvalue weighted by molar-refractivity contribution is 0.330. The molecule has 0 spiro atoms. The van der Waals surface area contributed by atoms with Gasteiger partial charge in [-0.1, -0.05) is 32.9 Å². The van der Waals surface area contributed by atoms with Crippen LogP contribution in [-0.4, -0.2) is 11.5 Å². The Kier molecular flexibility index (Phi) is 4.58. The van der Waals surface area contributed by atoms with Gasteiger partial charge in [0.2, 0.25) is 0 Å². The van der Waals surface area contributed by atoms with Crippen molar-refractivity contribution < 1.29 is 9.15 Å². The molecule has 1 heterocycles. The van der Waals surface area contributed by atoms with Gasteiger partial charge in [0, 0.05) is 6.54 Å². The number of rotatable bonds is 6. The zero-order chi connectivity index (χ0) is 13.7. The Morgan fingerprint density at radius 1 is 1.37 bits per heavy atom. The Morgan fingerprint density at radius 2 is 2.21 bits per heavy atom. The fraction of sp³-hybridized carbons (Fsp3) is 0.400. The summed E-state index contributed by atoms with van der Waals surface area (Å²) in [4.78, 5) is 4.27. The lowest BCUT2D eigenvalue weighted by atomic mass is 10.0. The van der Waals surface area contributed by atoms with Crippen LogP contribution in [0.2, 0.25) is 0 Å². The van der Waals surface area contributed by atoms with Gasteiger partial charge < -0.3 is 14.5 Å². The highest BCUT2D eigenvalue weighted by Gasteiger charge is 2.07. The Balaban J connectivity index is 2.04. The molecule has 4 heteroatoms. The number of hydrogen-bond donors (Lipinski definition) is 1. The van der Waals surface area contributed by atoms with E-state index in [9.17, 15) is 0 Å². The molecule has 102 valence electrons. The molecule has 0 unspecified atom stereocenters. The van der Waals surface area contributed by atoms with E-state index >= 15 is 0 Å². The highest BCUT2D eigenvalue weighted by Crippen LogP contribution is 2.24. The van der Waals surface area contributed by atoms with E-state index in [1.807, 2.05) is 18.2 Å². The summed E-state index contributed by atoms with van der Waals surface area (Å²) >= 11 is 0. The van der Waals surface area contributed by atoms with E-state index in [2.05, 4.69) is 37.1 Å². The van der Waals surface area contributed by atoms with E-state index in [1.54, 1.807) is 6.26 Å². The molecule has 0 aliphatic carbocycles. The van der Waals surface area contributed by atoms with Crippen LogP contribution in [0.25, 0.3) is 0 Å². The number of nitrogens with zero attached hydrogens (tertiary/aromatic N) is 1. The van der Waals surface area contributed by atoms with E-state index in [0.29, 0.717) is 12.5 Å². The maximum Gasteiger partial charge on any atom is 0.399 e. The minimum Gasteiger partial charge on any atom is -0.417 e. The zero-order valence-electron chi connectivity index (χ0n) is 11.6. The predicted molar refractivity (Wildman–Crippen MR) is 74.5 cm³/mol. The van der Waals surface area contributed by atoms with Gasteiger partial charge in [-0.05, 0) is 30.2 Å². The minimum atomic E-state index is 0.286. The van der Waals surface area contributed by atoms with Crippen molar-refractivity contribution in [3.8, 4) is 11.8 Å². The van der Waals surface area contributed by atoms with Crippen molar-refractivity contribution in [2.75, 3.05) is 6.54 Å². The highest BCUT2D eigenvalue weighted by molar-refractivity contribution is 5.31. The van der Waals surface area contributed by atoms with Crippen molar-refractivity contribution in [2.45, 2.75) is 33.2 Å². The summed E-state index contributed by atoms with van der Waals surface area (Å²) in [5.41, 5.74) is 2.08. The highest BCUT2D eigenvalue weighted by atomic mass is 16.6. The Labute approximate surface area is 113 Å². The summed E-state index contributed by atoms with van der Waals surface area (Å²) in [7, 11) is 0. The Morgan fingerprint density at radius 3 is 2.95 bits per heavy atom. The van der Waals surface area contributed by atoms with Crippen LogP contribution in [0.5, 0.6) is 11.8 Å². The standard InChI is InChI=1S/C15H20N2O2/c1-4-16-9-13-10-18-15(17-13)19-14-7-5-6-12(8-14)11(2)3/h5-8,10-11,16H,4,9H2,1-3H3. The van der Waals surface area contributed by atoms with Gasteiger partial charge in [-0.3, -0.25) is 0 Å². The van der Waals surface area contributed by atoms with Crippen molar-refractivity contribution in [1.82, 2.24) is 10.3 Å². The first-order chi connectivity index (χ1) is 9.19. The summed E-state index contributed by atoms with van der Waals surface area (Å²) in [6.07, 6.45) is 1.90. The number of hydrogen-bond acceptors (Lipinski definition) is 4. The molecule has 2 rings (SSSR count). The molecule has 1 aromatic carbocycles. The maximum absolute atomic E-state index is 5.62. The van der Waals surface area contributed by atoms with Gasteiger partial charge >= 0.3 is 6.08 Å². The van der Waals surface area contributed by atoms with Crippen LogP contribution in [0.4, 0.5) is 0 Å². The van der Waals surface area contributed by atoms with Crippen molar-refractivity contribution in [1.29, 1.82) is 0 Å². The third-order valence-corrected chi connectivity index (χ3v) is 2.82. The Hall–Kier alpha value is -1.81. The molecule has 0 fully saturated rings. The van der Waals surface area contributed by atoms with Crippen molar-refractivity contribution in [3.63, 3.8) is 0 Å². The van der Waals surface area contributed by atoms with E-state index in [1.165, 1.54) is 5.56 Å². The van der Waals surface area contributed by atoms with Crippen LogP contribution in [-0.2, 0) is 6.54 Å². The van der Waals surface area contributed by atoms with Crippen LogP contribution in [0.3, 0.4) is 0 Å². The molecule has 19 heavy (non-hydrogen) atoms. The monoisotopic (exact) mass is 260 g/mol. The SMILES string of the molecule is CCNCc1coc(Oc2cccc(C(C)C)c2)n1. The lowest BCUT2D eigenvalue weighted by Crippen LogP contribution is -2.11. The van der Waals surface area contributed by atoms with E-state index in [0.717, 1.165) is 18.0 Å². The third kappa shape index (κ3) is 3.83. The first kappa shape index (κ1) is 13.6. The predicted octanol–water partition coefficient (Wildman–Crippen LogP) is 3.70. The zero-order valence-corrected chi connectivity index (χ0v) is 11.6. The number of oxazole rings is 1. The molecule has 1 N–H and O–H groups in total. The largest absolute Gasteiger partial charge is 0.417 e. The van der Waals surface area contributed by atoms with Gasteiger partial charge in [0.05, 0.1) is 5.69 Å². The van der Waals surface area contributed by atoms with Crippen LogP contribution in [0.15, 0.2) is 34.9 Å². The average molecular weight is 260 g/mol. The quantitative estimate of drug-likeness (QED) is 0.860. The second kappa shape index (κ2) is 6.38. The number of nitrogens with one attached hydrogen (secondary N) is 1. The summed E-state index contributed by atoms with van der Waals surface area (Å²) in [6, 6.07) is 7.98. The molecule has 4 nitrogen and oxygen atoms in total. The van der Waals surface area contributed by atoms with Gasteiger partial charge in [-0.25, -0.2) is 0 Å². The molecule has 0 aliphatic heterocycles. The lowest BCUT2D eigenvalue weighted by Gasteiger charge is -2.07. The van der Waals surface area contributed by atoms with Gasteiger partial charge in [0.1, 0.15) is 12.0 Å². The van der Waals surface area contributed by atoms with Gasteiger partial charge in [0.25, 0.3) is 0 Å². The second-order valence-corrected chi connectivity index (χ2v) is 4.71. The van der Waals surface area contributed by atoms with E-state index in [4.69, 9.17) is 9.15 Å². The molecular formula is C15H20N2O2. The summed E-state index contributed by atoms with van der Waals surface area (Å²) in [5, 5.41) is 3.19. The van der Waals surface area contributed by atoms with Crippen molar-refractivity contribution in [3.05, 3.63) is 41.8 Å². The van der Waals surface area contributed by atoms with E-state index < -0.39 is 0 Å². The molecule has 0 aliphatic rings. The topological polar surface area (TPSA) is 47.3 Å². The normalized spacial score (nSPS) is 10.9. The number of ether oxygens (including phenoxy) is 1. The molecule has 0 saturated heterocycles. The van der Waals surface area contributed by atoms with Gasteiger partial charge in [0.15, 0.2) is 0 Å². The van der Waals surface area contributed by atoms with Gasteiger partial charge in [-0.15, -0.1) is 0 Å². The van der Waals surface area contributed by atoms with Crippen LogP contribution in [0, 0.1) is 0 Å². The summed E-state index contributed by atoms with van der Waals surface area (Å²) in [6.45, 7) is 7.95. The van der Waals surface area contributed by atoms with Crippen molar-refractivity contribution in [2.24, 2.45) is 0 Å². The third-order valence-electron chi connectivity index (χ3n) is 2.82. The molecule has 2 aromatic rings. The minimum absolute atomic E-state index is 0.286. The first-order valence-electron chi connectivity index (χ1n) is 6.62. The number of benzene rings is 1. The molecule has 0 bridgehead atoms. The van der Waals surface area contributed by atoms with Crippen LogP contribution >= 0.6 is 0 Å². The van der Waals surface area contributed by atoms with E-state index in [-0.39, 0.29) is 6.08 Å². The molecule has 1 aromatic heterocycles. The second-order valence-electron chi connectivity index (χ2n) is 4.71.